The highest BCUT2D eigenvalue weighted by Gasteiger charge is 2.36. The number of carbonyl (C=O) groups excluding carboxylic acids is 2. The van der Waals surface area contributed by atoms with E-state index in [4.69, 9.17) is 4.42 Å². The molecule has 2 heterocycles. The van der Waals surface area contributed by atoms with Crippen molar-refractivity contribution in [2.45, 2.75) is 33.1 Å². The molecule has 0 radical (unpaired) electrons. The second kappa shape index (κ2) is 11.8. The number of allylic oxidation sites excluding steroid dienone is 2. The number of nitrogens with one attached hydrogen (secondary N) is 3. The normalized spacial score (nSPS) is 15.1. The number of carbonyl (C=O) groups is 2. The first kappa shape index (κ1) is 26.8. The van der Waals surface area contributed by atoms with E-state index in [1.165, 1.54) is 30.5 Å². The molecular weight excluding hydrogens is 503 g/mol. The molecule has 1 atom stereocenters. The molecule has 2 aromatic carbocycles. The predicted molar refractivity (Wildman–Crippen MR) is 147 cm³/mol. The van der Waals surface area contributed by atoms with Crippen molar-refractivity contribution in [2.24, 2.45) is 0 Å². The number of hydrogen-bond donors (Lipinski definition) is 3. The van der Waals surface area contributed by atoms with Crippen LogP contribution in [0.2, 0.25) is 0 Å². The molecule has 0 bridgehead atoms. The minimum Gasteiger partial charge on any atom is -0.468 e. The number of thioether (sulfide) groups is 1. The van der Waals surface area contributed by atoms with Crippen LogP contribution < -0.4 is 16.0 Å². The van der Waals surface area contributed by atoms with Gasteiger partial charge in [-0.1, -0.05) is 36.9 Å². The fraction of sp³-hybridized carbons (Fsp3) is 0.207. The summed E-state index contributed by atoms with van der Waals surface area (Å²) in [6, 6.07) is 17.0. The maximum Gasteiger partial charge on any atom is 0.254 e. The van der Waals surface area contributed by atoms with Crippen molar-refractivity contribution in [1.82, 2.24) is 5.32 Å². The molecule has 4 rings (SSSR count). The van der Waals surface area contributed by atoms with Crippen LogP contribution in [0, 0.1) is 24.1 Å². The van der Waals surface area contributed by atoms with Crippen molar-refractivity contribution in [3.05, 3.63) is 105 Å². The lowest BCUT2D eigenvalue weighted by atomic mass is 9.85. The first-order valence-electron chi connectivity index (χ1n) is 12.1. The molecule has 3 N–H and O–H groups in total. The zero-order valence-electron chi connectivity index (χ0n) is 21.2. The van der Waals surface area contributed by atoms with Gasteiger partial charge in [0.05, 0.1) is 40.2 Å². The van der Waals surface area contributed by atoms with Crippen LogP contribution in [-0.4, -0.2) is 17.6 Å². The van der Waals surface area contributed by atoms with Crippen LogP contribution >= 0.6 is 11.8 Å². The topological polar surface area (TPSA) is 107 Å². The van der Waals surface area contributed by atoms with Crippen molar-refractivity contribution in [3.63, 3.8) is 0 Å². The van der Waals surface area contributed by atoms with Gasteiger partial charge in [0.1, 0.15) is 11.6 Å². The summed E-state index contributed by atoms with van der Waals surface area (Å²) >= 11 is 1.14. The van der Waals surface area contributed by atoms with Gasteiger partial charge in [0.2, 0.25) is 5.91 Å². The first-order chi connectivity index (χ1) is 18.3. The Morgan fingerprint density at radius 3 is 2.53 bits per heavy atom. The summed E-state index contributed by atoms with van der Waals surface area (Å²) in [5.41, 5.74) is 4.35. The molecule has 0 aliphatic carbocycles. The van der Waals surface area contributed by atoms with Crippen LogP contribution in [0.1, 0.15) is 36.7 Å². The monoisotopic (exact) mass is 530 g/mol. The van der Waals surface area contributed by atoms with Crippen LogP contribution in [0.15, 0.2) is 87.1 Å². The lowest BCUT2D eigenvalue weighted by Crippen LogP contribution is -2.31. The van der Waals surface area contributed by atoms with Gasteiger partial charge in [-0.2, -0.15) is 5.26 Å². The molecule has 0 saturated carbocycles. The number of anilines is 2. The highest BCUT2D eigenvalue weighted by atomic mass is 32.2. The fourth-order valence-electron chi connectivity index (χ4n) is 4.32. The Labute approximate surface area is 224 Å². The van der Waals surface area contributed by atoms with E-state index in [2.05, 4.69) is 22.0 Å². The Balaban J connectivity index is 1.61. The Morgan fingerprint density at radius 1 is 1.11 bits per heavy atom. The summed E-state index contributed by atoms with van der Waals surface area (Å²) < 4.78 is 18.8. The Hall–Kier alpha value is -4.29. The largest absolute Gasteiger partial charge is 0.468 e. The molecule has 0 unspecified atom stereocenters. The molecule has 1 aromatic heterocycles. The summed E-state index contributed by atoms with van der Waals surface area (Å²) in [7, 11) is 0. The van der Waals surface area contributed by atoms with Crippen molar-refractivity contribution in [3.8, 4) is 6.07 Å². The number of dihydropyridines is 1. The van der Waals surface area contributed by atoms with Crippen LogP contribution in [0.3, 0.4) is 0 Å². The Kier molecular flexibility index (Phi) is 8.34. The summed E-state index contributed by atoms with van der Waals surface area (Å²) in [5.74, 6) is -1.37. The lowest BCUT2D eigenvalue weighted by molar-refractivity contribution is -0.114. The molecular formula is C29H27FN4O3S. The van der Waals surface area contributed by atoms with E-state index in [9.17, 15) is 19.2 Å². The number of para-hydroxylation sites is 1. The van der Waals surface area contributed by atoms with E-state index < -0.39 is 11.7 Å². The number of amides is 2. The fourth-order valence-corrected chi connectivity index (χ4v) is 5.21. The Bertz CT molecular complexity index is 1450. The molecule has 0 saturated heterocycles. The average Bonchev–Trinajstić information content (AvgIpc) is 3.44. The number of halogens is 1. The minimum absolute atomic E-state index is 0.00631. The van der Waals surface area contributed by atoms with Gasteiger partial charge >= 0.3 is 0 Å². The number of benzene rings is 2. The smallest absolute Gasteiger partial charge is 0.254 e. The highest BCUT2D eigenvalue weighted by Crippen LogP contribution is 2.41. The van der Waals surface area contributed by atoms with E-state index in [1.807, 2.05) is 32.0 Å². The van der Waals surface area contributed by atoms with Crippen molar-refractivity contribution in [2.75, 3.05) is 16.4 Å². The summed E-state index contributed by atoms with van der Waals surface area (Å²) in [6.45, 7) is 5.72. The maximum absolute atomic E-state index is 13.7. The van der Waals surface area contributed by atoms with Crippen LogP contribution in [0.5, 0.6) is 0 Å². The van der Waals surface area contributed by atoms with E-state index in [0.29, 0.717) is 27.7 Å². The standard InChI is InChI=1S/C29H27FN4O3S/c1-4-19-8-5-7-17(2)27(19)34-28(36)25-18(3)32-29(22(15-31)26(25)23-9-6-14-37-23)38-16-24(35)33-21-12-10-20(30)11-13-21/h5-14,26,32H,4,16H2,1-3H3,(H,33,35)(H,34,36)/t26-/m1/s1. The molecule has 0 fully saturated rings. The van der Waals surface area contributed by atoms with Gasteiger partial charge in [-0.15, -0.1) is 0 Å². The molecule has 0 spiro atoms. The number of nitrogens with zero attached hydrogens (tertiary/aromatic N) is 1. The molecule has 1 aliphatic heterocycles. The SMILES string of the molecule is CCc1cccc(C)c1NC(=O)C1=C(C)NC(SCC(=O)Nc2ccc(F)cc2)=C(C#N)[C@@H]1c1ccco1. The highest BCUT2D eigenvalue weighted by molar-refractivity contribution is 8.03. The molecule has 2 amide bonds. The van der Waals surface area contributed by atoms with Crippen LogP contribution in [-0.2, 0) is 16.0 Å². The number of furan rings is 1. The van der Waals surface area contributed by atoms with Gasteiger partial charge < -0.3 is 20.4 Å². The van der Waals surface area contributed by atoms with E-state index in [1.54, 1.807) is 19.1 Å². The second-order valence-corrected chi connectivity index (χ2v) is 9.71. The van der Waals surface area contributed by atoms with Crippen LogP contribution in [0.4, 0.5) is 15.8 Å². The summed E-state index contributed by atoms with van der Waals surface area (Å²) in [6.07, 6.45) is 2.25. The van der Waals surface area contributed by atoms with Gasteiger partial charge in [-0.05, 0) is 67.8 Å². The molecule has 1 aliphatic rings. The lowest BCUT2D eigenvalue weighted by Gasteiger charge is -2.28. The zero-order valence-corrected chi connectivity index (χ0v) is 22.0. The summed E-state index contributed by atoms with van der Waals surface area (Å²) in [4.78, 5) is 26.2. The Morgan fingerprint density at radius 2 is 1.87 bits per heavy atom. The minimum atomic E-state index is -0.756. The van der Waals surface area contributed by atoms with Gasteiger partial charge in [-0.3, -0.25) is 9.59 Å². The number of hydrogen-bond acceptors (Lipinski definition) is 6. The number of nitriles is 1. The third kappa shape index (κ3) is 5.82. The molecule has 3 aromatic rings. The quantitative estimate of drug-likeness (QED) is 0.330. The third-order valence-corrected chi connectivity index (χ3v) is 7.19. The molecule has 38 heavy (non-hydrogen) atoms. The van der Waals surface area contributed by atoms with Gasteiger partial charge in [0.25, 0.3) is 5.91 Å². The van der Waals surface area contributed by atoms with Crippen LogP contribution in [0.25, 0.3) is 0 Å². The van der Waals surface area contributed by atoms with E-state index in [0.717, 1.165) is 35.0 Å². The van der Waals surface area contributed by atoms with E-state index in [-0.39, 0.29) is 23.1 Å². The molecule has 194 valence electrons. The predicted octanol–water partition coefficient (Wildman–Crippen LogP) is 6.00. The number of aryl methyl sites for hydroxylation is 2. The third-order valence-electron chi connectivity index (χ3n) is 6.17. The van der Waals surface area contributed by atoms with E-state index >= 15 is 0 Å². The zero-order chi connectivity index (χ0) is 27.2. The van der Waals surface area contributed by atoms with Crippen molar-refractivity contribution < 1.29 is 18.4 Å². The maximum atomic E-state index is 13.7. The summed E-state index contributed by atoms with van der Waals surface area (Å²) in [5, 5.41) is 19.6. The van der Waals surface area contributed by atoms with Crippen molar-refractivity contribution >= 4 is 35.0 Å². The molecule has 9 heteroatoms. The molecule has 7 nitrogen and oxygen atoms in total. The second-order valence-electron chi connectivity index (χ2n) is 8.73. The van der Waals surface area contributed by atoms with Gasteiger partial charge in [-0.25, -0.2) is 4.39 Å². The van der Waals surface area contributed by atoms with Gasteiger partial charge in [0.15, 0.2) is 0 Å². The van der Waals surface area contributed by atoms with Crippen molar-refractivity contribution in [1.29, 1.82) is 5.26 Å². The average molecular weight is 531 g/mol. The van der Waals surface area contributed by atoms with Gasteiger partial charge in [0, 0.05) is 17.1 Å². The number of rotatable bonds is 8. The first-order valence-corrected chi connectivity index (χ1v) is 13.0.